The van der Waals surface area contributed by atoms with Gasteiger partial charge in [-0.3, -0.25) is 9.20 Å². The molecule has 4 heterocycles. The maximum Gasteiger partial charge on any atom is 0.319 e. The normalized spacial score (nSPS) is 18.6. The number of benzene rings is 1. The van der Waals surface area contributed by atoms with Gasteiger partial charge in [-0.2, -0.15) is 0 Å². The summed E-state index contributed by atoms with van der Waals surface area (Å²) >= 11 is 0. The second-order valence-electron chi connectivity index (χ2n) is 15.7. The van der Waals surface area contributed by atoms with Gasteiger partial charge in [0.25, 0.3) is 5.91 Å². The van der Waals surface area contributed by atoms with Crippen molar-refractivity contribution in [3.63, 3.8) is 0 Å². The fraction of sp³-hybridized carbons (Fsp3) is 0.513. The molecule has 51 heavy (non-hydrogen) atoms. The molecule has 2 atom stereocenters. The number of rotatable bonds is 9. The SMILES string of the molecule is COC1CCN(CCNC(=O)c2cc(NC(=O)N[C@H]3CC[C@@H](Oc4ccc5nnc(C(C)(C)C)n5c4)c4ccccc43)cc(C(C)(C)C)n2)CC1. The topological polar surface area (TPSA) is 135 Å². The van der Waals surface area contributed by atoms with E-state index in [0.717, 1.165) is 66.5 Å². The van der Waals surface area contributed by atoms with E-state index in [-0.39, 0.29) is 40.6 Å². The van der Waals surface area contributed by atoms with Crippen molar-refractivity contribution in [1.82, 2.24) is 35.1 Å². The first kappa shape index (κ1) is 36.2. The molecule has 272 valence electrons. The Labute approximate surface area is 300 Å². The van der Waals surface area contributed by atoms with E-state index < -0.39 is 0 Å². The molecular formula is C39H52N8O4. The summed E-state index contributed by atoms with van der Waals surface area (Å²) in [6.45, 7) is 15.6. The molecular weight excluding hydrogens is 644 g/mol. The number of carbonyl (C=O) groups excluding carboxylic acids is 2. The van der Waals surface area contributed by atoms with Crippen molar-refractivity contribution in [3.8, 4) is 5.75 Å². The van der Waals surface area contributed by atoms with Crippen molar-refractivity contribution in [2.24, 2.45) is 0 Å². The Hall–Kier alpha value is -4.55. The quantitative estimate of drug-likeness (QED) is 0.185. The molecule has 0 spiro atoms. The van der Waals surface area contributed by atoms with Crippen LogP contribution in [0.4, 0.5) is 10.5 Å². The van der Waals surface area contributed by atoms with Gasteiger partial charge in [0, 0.05) is 55.5 Å². The van der Waals surface area contributed by atoms with Gasteiger partial charge in [0.2, 0.25) is 0 Å². The van der Waals surface area contributed by atoms with Gasteiger partial charge in [0.15, 0.2) is 5.65 Å². The smallest absolute Gasteiger partial charge is 0.319 e. The van der Waals surface area contributed by atoms with Crippen LogP contribution in [-0.2, 0) is 15.6 Å². The summed E-state index contributed by atoms with van der Waals surface area (Å²) in [4.78, 5) is 33.8. The molecule has 1 saturated heterocycles. The van der Waals surface area contributed by atoms with Crippen molar-refractivity contribution >= 4 is 23.3 Å². The Morgan fingerprint density at radius 3 is 2.35 bits per heavy atom. The molecule has 0 saturated carbocycles. The number of nitrogens with one attached hydrogen (secondary N) is 3. The maximum atomic E-state index is 13.5. The van der Waals surface area contributed by atoms with E-state index in [4.69, 9.17) is 9.47 Å². The molecule has 2 aliphatic rings. The number of amides is 3. The molecule has 4 aromatic rings. The van der Waals surface area contributed by atoms with E-state index in [1.807, 2.05) is 67.8 Å². The summed E-state index contributed by atoms with van der Waals surface area (Å²) < 4.78 is 14.0. The van der Waals surface area contributed by atoms with E-state index in [0.29, 0.717) is 31.2 Å². The molecule has 6 rings (SSSR count). The van der Waals surface area contributed by atoms with E-state index in [2.05, 4.69) is 62.9 Å². The highest BCUT2D eigenvalue weighted by atomic mass is 16.5. The number of ether oxygens (including phenoxy) is 2. The molecule has 0 bridgehead atoms. The zero-order valence-corrected chi connectivity index (χ0v) is 31.0. The molecule has 12 heteroatoms. The average molecular weight is 697 g/mol. The summed E-state index contributed by atoms with van der Waals surface area (Å²) in [5.74, 6) is 1.34. The lowest BCUT2D eigenvalue weighted by Crippen LogP contribution is -2.41. The summed E-state index contributed by atoms with van der Waals surface area (Å²) in [6, 6.07) is 14.9. The molecule has 3 aromatic heterocycles. The number of nitrogens with zero attached hydrogens (tertiary/aromatic N) is 5. The number of anilines is 1. The monoisotopic (exact) mass is 696 g/mol. The van der Waals surface area contributed by atoms with Gasteiger partial charge in [0.1, 0.15) is 23.4 Å². The number of pyridine rings is 2. The number of aromatic nitrogens is 4. The minimum absolute atomic E-state index is 0.171. The molecule has 3 N–H and O–H groups in total. The van der Waals surface area contributed by atoms with Crippen molar-refractivity contribution in [2.45, 2.75) is 96.3 Å². The summed E-state index contributed by atoms with van der Waals surface area (Å²) in [5.41, 5.74) is 3.83. The molecule has 1 aliphatic carbocycles. The molecule has 1 aromatic carbocycles. The molecule has 1 aliphatic heterocycles. The maximum absolute atomic E-state index is 13.5. The van der Waals surface area contributed by atoms with Crippen LogP contribution in [0.25, 0.3) is 5.65 Å². The van der Waals surface area contributed by atoms with Crippen LogP contribution in [0.15, 0.2) is 54.7 Å². The highest BCUT2D eigenvalue weighted by Gasteiger charge is 2.30. The average Bonchev–Trinajstić information content (AvgIpc) is 3.53. The first-order valence-electron chi connectivity index (χ1n) is 18.0. The van der Waals surface area contributed by atoms with Crippen LogP contribution < -0.4 is 20.7 Å². The van der Waals surface area contributed by atoms with E-state index in [9.17, 15) is 9.59 Å². The zero-order chi connectivity index (χ0) is 36.3. The van der Waals surface area contributed by atoms with Crippen LogP contribution in [0.2, 0.25) is 0 Å². The summed E-state index contributed by atoms with van der Waals surface area (Å²) in [5, 5.41) is 17.9. The summed E-state index contributed by atoms with van der Waals surface area (Å²) in [7, 11) is 1.76. The van der Waals surface area contributed by atoms with Gasteiger partial charge in [-0.15, -0.1) is 10.2 Å². The Bertz CT molecular complexity index is 1850. The van der Waals surface area contributed by atoms with Gasteiger partial charge in [-0.25, -0.2) is 9.78 Å². The number of carbonyl (C=O) groups is 2. The first-order chi connectivity index (χ1) is 24.3. The van der Waals surface area contributed by atoms with Crippen LogP contribution in [0, 0.1) is 0 Å². The van der Waals surface area contributed by atoms with Gasteiger partial charge >= 0.3 is 6.03 Å². The molecule has 1 fully saturated rings. The number of hydrogen-bond donors (Lipinski definition) is 3. The largest absolute Gasteiger partial charge is 0.484 e. The number of likely N-dealkylation sites (tertiary alicyclic amines) is 1. The molecule has 3 amide bonds. The van der Waals surface area contributed by atoms with Crippen LogP contribution in [0.3, 0.4) is 0 Å². The highest BCUT2D eigenvalue weighted by Crippen LogP contribution is 2.39. The molecule has 0 radical (unpaired) electrons. The van der Waals surface area contributed by atoms with Crippen molar-refractivity contribution < 1.29 is 19.1 Å². The Kier molecular flexibility index (Phi) is 10.6. The Morgan fingerprint density at radius 2 is 1.65 bits per heavy atom. The predicted octanol–water partition coefficient (Wildman–Crippen LogP) is 6.34. The third kappa shape index (κ3) is 8.68. The minimum Gasteiger partial charge on any atom is -0.484 e. The van der Waals surface area contributed by atoms with E-state index >= 15 is 0 Å². The number of urea groups is 1. The third-order valence-electron chi connectivity index (χ3n) is 9.73. The molecule has 12 nitrogen and oxygen atoms in total. The standard InChI is InChI=1S/C39H52N8O4/c1-38(2,3)33-23-25(22-31(42-33)35(48)40-18-21-46-19-16-26(50-7)17-20-46)41-37(49)43-30-13-14-32(29-11-9-8-10-28(29)30)51-27-12-15-34-44-45-36(39(4,5)6)47(34)24-27/h8-12,15,22-24,26,30,32H,13-14,16-21H2,1-7H3,(H,40,48)(H2,41,42,43,49)/t30-,32+/m0/s1. The van der Waals surface area contributed by atoms with Crippen LogP contribution in [0.5, 0.6) is 5.75 Å². The predicted molar refractivity (Wildman–Crippen MR) is 197 cm³/mol. The van der Waals surface area contributed by atoms with Crippen LogP contribution >= 0.6 is 0 Å². The number of methoxy groups -OCH3 is 1. The lowest BCUT2D eigenvalue weighted by atomic mass is 9.85. The number of hydrogen-bond acceptors (Lipinski definition) is 8. The van der Waals surface area contributed by atoms with Gasteiger partial charge in [-0.1, -0.05) is 65.8 Å². The number of fused-ring (bicyclic) bond motifs is 2. The van der Waals surface area contributed by atoms with Gasteiger partial charge < -0.3 is 30.3 Å². The Morgan fingerprint density at radius 1 is 0.902 bits per heavy atom. The fourth-order valence-corrected chi connectivity index (χ4v) is 6.85. The fourth-order valence-electron chi connectivity index (χ4n) is 6.85. The summed E-state index contributed by atoms with van der Waals surface area (Å²) in [6.07, 6.45) is 5.50. The highest BCUT2D eigenvalue weighted by molar-refractivity contribution is 5.95. The Balaban J connectivity index is 1.11. The lowest BCUT2D eigenvalue weighted by molar-refractivity contribution is 0.0413. The third-order valence-corrected chi connectivity index (χ3v) is 9.73. The van der Waals surface area contributed by atoms with Crippen molar-refractivity contribution in [1.29, 1.82) is 0 Å². The van der Waals surface area contributed by atoms with Gasteiger partial charge in [0.05, 0.1) is 18.3 Å². The van der Waals surface area contributed by atoms with Crippen LogP contribution in [-0.4, -0.2) is 75.8 Å². The number of piperidine rings is 1. The lowest BCUT2D eigenvalue weighted by Gasteiger charge is -2.32. The van der Waals surface area contributed by atoms with Crippen LogP contribution in [0.1, 0.15) is 113 Å². The van der Waals surface area contributed by atoms with E-state index in [1.54, 1.807) is 13.2 Å². The second kappa shape index (κ2) is 15.0. The second-order valence-corrected chi connectivity index (χ2v) is 15.7. The van der Waals surface area contributed by atoms with Crippen molar-refractivity contribution in [3.05, 3.63) is 83.1 Å². The van der Waals surface area contributed by atoms with Crippen molar-refractivity contribution in [2.75, 3.05) is 38.6 Å². The minimum atomic E-state index is -0.348. The molecule has 0 unspecified atom stereocenters. The van der Waals surface area contributed by atoms with Gasteiger partial charge in [-0.05, 0) is 61.1 Å². The first-order valence-corrected chi connectivity index (χ1v) is 18.0. The van der Waals surface area contributed by atoms with E-state index in [1.165, 1.54) is 0 Å². The zero-order valence-electron chi connectivity index (χ0n) is 31.0.